The fourth-order valence-electron chi connectivity index (χ4n) is 1.90. The van der Waals surface area contributed by atoms with E-state index >= 15 is 0 Å². The van der Waals surface area contributed by atoms with Crippen LogP contribution in [0.4, 0.5) is 0 Å². The third-order valence-electron chi connectivity index (χ3n) is 2.90. The van der Waals surface area contributed by atoms with Crippen LogP contribution >= 0.6 is 0 Å². The van der Waals surface area contributed by atoms with Crippen LogP contribution in [0.15, 0.2) is 29.3 Å². The molecule has 1 heterocycles. The predicted octanol–water partition coefficient (Wildman–Crippen LogP) is 1.85. The molecule has 0 bridgehead atoms. The molecule has 0 aliphatic carbocycles. The van der Waals surface area contributed by atoms with E-state index < -0.39 is 0 Å². The molecular weight excluding hydrogens is 226 g/mol. The Labute approximate surface area is 108 Å². The van der Waals surface area contributed by atoms with E-state index in [-0.39, 0.29) is 0 Å². The molecule has 0 saturated carbocycles. The molecule has 0 radical (unpaired) electrons. The highest BCUT2D eigenvalue weighted by atomic mass is 16.5. The average Bonchev–Trinajstić information content (AvgIpc) is 2.57. The normalized spacial score (nSPS) is 16.2. The number of nitrogens with two attached hydrogens (primary N) is 1. The predicted molar refractivity (Wildman–Crippen MR) is 73.7 cm³/mol. The lowest BCUT2D eigenvalue weighted by molar-refractivity contribution is 0.288. The minimum Gasteiger partial charge on any atom is -0.491 e. The third-order valence-corrected chi connectivity index (χ3v) is 2.90. The van der Waals surface area contributed by atoms with Gasteiger partial charge in [0.15, 0.2) is 5.96 Å². The number of hydrogen-bond acceptors (Lipinski definition) is 2. The Morgan fingerprint density at radius 1 is 1.44 bits per heavy atom. The van der Waals surface area contributed by atoms with Crippen LogP contribution in [-0.4, -0.2) is 30.6 Å². The summed E-state index contributed by atoms with van der Waals surface area (Å²) in [5.74, 6) is 2.10. The van der Waals surface area contributed by atoms with E-state index in [4.69, 9.17) is 10.5 Å². The van der Waals surface area contributed by atoms with E-state index in [2.05, 4.69) is 29.8 Å². The van der Waals surface area contributed by atoms with E-state index in [9.17, 15) is 0 Å². The lowest BCUT2D eigenvalue weighted by Gasteiger charge is -2.21. The number of hydrogen-bond donors (Lipinski definition) is 1. The molecular formula is C14H21N3O. The molecule has 0 amide bonds. The molecule has 0 unspecified atom stereocenters. The fourth-order valence-corrected chi connectivity index (χ4v) is 1.90. The van der Waals surface area contributed by atoms with Crippen LogP contribution in [0.25, 0.3) is 0 Å². The molecule has 0 aromatic heterocycles. The molecule has 1 aromatic rings. The Kier molecular flexibility index (Phi) is 4.07. The molecule has 2 N–H and O–H groups in total. The third kappa shape index (κ3) is 3.15. The first-order valence-electron chi connectivity index (χ1n) is 6.42. The fraction of sp³-hybridized carbons (Fsp3) is 0.500. The summed E-state index contributed by atoms with van der Waals surface area (Å²) in [5, 5.41) is 0. The number of nitrogens with zero attached hydrogens (tertiary/aromatic N) is 2. The second kappa shape index (κ2) is 5.76. The maximum atomic E-state index is 6.04. The molecule has 4 heteroatoms. The van der Waals surface area contributed by atoms with Gasteiger partial charge in [-0.1, -0.05) is 32.0 Å². The maximum absolute atomic E-state index is 6.04. The monoisotopic (exact) mass is 247 g/mol. The van der Waals surface area contributed by atoms with Gasteiger partial charge in [-0.15, -0.1) is 0 Å². The number of ether oxygens (including phenoxy) is 1. The van der Waals surface area contributed by atoms with Crippen LogP contribution in [0, 0.1) is 5.92 Å². The summed E-state index contributed by atoms with van der Waals surface area (Å²) in [6.45, 7) is 7.24. The van der Waals surface area contributed by atoms with Crippen LogP contribution in [0.2, 0.25) is 0 Å². The van der Waals surface area contributed by atoms with E-state index in [1.54, 1.807) is 0 Å². The van der Waals surface area contributed by atoms with Crippen molar-refractivity contribution >= 4 is 5.96 Å². The molecule has 0 atom stereocenters. The van der Waals surface area contributed by atoms with Crippen LogP contribution < -0.4 is 10.5 Å². The number of guanidine groups is 1. The molecule has 98 valence electrons. The zero-order chi connectivity index (χ0) is 13.0. The lowest BCUT2D eigenvalue weighted by atomic mass is 10.2. The standard InChI is InChI=1S/C14H21N3O/c1-11(2)9-16-14(15)17-7-8-18-13-6-4-3-5-12(13)10-17/h3-6,11H,7-10H2,1-2H3,(H2,15,16). The summed E-state index contributed by atoms with van der Waals surface area (Å²) in [5.41, 5.74) is 7.21. The summed E-state index contributed by atoms with van der Waals surface area (Å²) < 4.78 is 5.70. The van der Waals surface area contributed by atoms with Crippen molar-refractivity contribution in [2.24, 2.45) is 16.6 Å². The van der Waals surface area contributed by atoms with E-state index in [0.29, 0.717) is 18.5 Å². The van der Waals surface area contributed by atoms with Gasteiger partial charge >= 0.3 is 0 Å². The molecule has 0 fully saturated rings. The summed E-state index contributed by atoms with van der Waals surface area (Å²) >= 11 is 0. The van der Waals surface area contributed by atoms with Crippen molar-refractivity contribution < 1.29 is 4.74 Å². The van der Waals surface area contributed by atoms with Crippen molar-refractivity contribution in [2.75, 3.05) is 19.7 Å². The summed E-state index contributed by atoms with van der Waals surface area (Å²) in [7, 11) is 0. The first kappa shape index (κ1) is 12.7. The Morgan fingerprint density at radius 3 is 3.00 bits per heavy atom. The molecule has 0 saturated heterocycles. The van der Waals surface area contributed by atoms with Crippen molar-refractivity contribution in [3.8, 4) is 5.75 Å². The zero-order valence-corrected chi connectivity index (χ0v) is 11.1. The molecule has 1 aliphatic rings. The van der Waals surface area contributed by atoms with Crippen LogP contribution in [0.1, 0.15) is 19.4 Å². The topological polar surface area (TPSA) is 50.8 Å². The second-order valence-electron chi connectivity index (χ2n) is 4.97. The van der Waals surface area contributed by atoms with Gasteiger partial charge in [-0.3, -0.25) is 4.99 Å². The number of fused-ring (bicyclic) bond motifs is 1. The Morgan fingerprint density at radius 2 is 2.22 bits per heavy atom. The Bertz CT molecular complexity index is 429. The largest absolute Gasteiger partial charge is 0.491 e. The van der Waals surface area contributed by atoms with Crippen molar-refractivity contribution in [1.29, 1.82) is 0 Å². The van der Waals surface area contributed by atoms with Gasteiger partial charge in [0.05, 0.1) is 6.54 Å². The van der Waals surface area contributed by atoms with Crippen molar-refractivity contribution in [1.82, 2.24) is 4.90 Å². The quantitative estimate of drug-likeness (QED) is 0.641. The smallest absolute Gasteiger partial charge is 0.191 e. The van der Waals surface area contributed by atoms with Gasteiger partial charge in [0.25, 0.3) is 0 Å². The first-order chi connectivity index (χ1) is 8.66. The minimum atomic E-state index is 0.527. The van der Waals surface area contributed by atoms with Gasteiger partial charge in [-0.25, -0.2) is 0 Å². The van der Waals surface area contributed by atoms with Crippen LogP contribution in [0.5, 0.6) is 5.75 Å². The Hall–Kier alpha value is -1.71. The number of benzene rings is 1. The zero-order valence-electron chi connectivity index (χ0n) is 11.1. The van der Waals surface area contributed by atoms with Gasteiger partial charge in [-0.2, -0.15) is 0 Å². The highest BCUT2D eigenvalue weighted by Crippen LogP contribution is 2.22. The lowest BCUT2D eigenvalue weighted by Crippen LogP contribution is -2.38. The average molecular weight is 247 g/mol. The Balaban J connectivity index is 2.10. The van der Waals surface area contributed by atoms with Gasteiger partial charge in [0.1, 0.15) is 12.4 Å². The summed E-state index contributed by atoms with van der Waals surface area (Å²) in [4.78, 5) is 6.50. The summed E-state index contributed by atoms with van der Waals surface area (Å²) in [6, 6.07) is 8.08. The van der Waals surface area contributed by atoms with Gasteiger partial charge < -0.3 is 15.4 Å². The van der Waals surface area contributed by atoms with Gasteiger partial charge in [-0.05, 0) is 12.0 Å². The SMILES string of the molecule is CC(C)CN=C(N)N1CCOc2ccccc2C1. The number of para-hydroxylation sites is 1. The first-order valence-corrected chi connectivity index (χ1v) is 6.42. The minimum absolute atomic E-state index is 0.527. The van der Waals surface area contributed by atoms with Crippen molar-refractivity contribution in [3.63, 3.8) is 0 Å². The molecule has 1 aromatic carbocycles. The van der Waals surface area contributed by atoms with E-state index in [1.807, 2.05) is 18.2 Å². The van der Waals surface area contributed by atoms with Crippen molar-refractivity contribution in [3.05, 3.63) is 29.8 Å². The van der Waals surface area contributed by atoms with E-state index in [0.717, 1.165) is 30.9 Å². The molecule has 1 aliphatic heterocycles. The molecule has 18 heavy (non-hydrogen) atoms. The van der Waals surface area contributed by atoms with Gasteiger partial charge in [0.2, 0.25) is 0 Å². The van der Waals surface area contributed by atoms with Crippen LogP contribution in [0.3, 0.4) is 0 Å². The van der Waals surface area contributed by atoms with Crippen molar-refractivity contribution in [2.45, 2.75) is 20.4 Å². The molecule has 4 nitrogen and oxygen atoms in total. The second-order valence-corrected chi connectivity index (χ2v) is 4.97. The van der Waals surface area contributed by atoms with Crippen LogP contribution in [-0.2, 0) is 6.54 Å². The highest BCUT2D eigenvalue weighted by Gasteiger charge is 2.16. The maximum Gasteiger partial charge on any atom is 0.191 e. The molecule has 0 spiro atoms. The highest BCUT2D eigenvalue weighted by molar-refractivity contribution is 5.78. The summed E-state index contributed by atoms with van der Waals surface area (Å²) in [6.07, 6.45) is 0. The van der Waals surface area contributed by atoms with Gasteiger partial charge in [0, 0.05) is 18.7 Å². The molecule has 2 rings (SSSR count). The number of rotatable bonds is 2. The number of aliphatic imine (C=N–C) groups is 1. The van der Waals surface area contributed by atoms with E-state index in [1.165, 1.54) is 0 Å².